The van der Waals surface area contributed by atoms with Gasteiger partial charge in [0.25, 0.3) is 5.91 Å². The number of aryl methyl sites for hydroxylation is 1. The first kappa shape index (κ1) is 14.0. The number of carbonyl (C=O) groups excluding carboxylic acids is 1. The molecule has 1 aromatic heterocycles. The minimum Gasteiger partial charge on any atom is -0.508 e. The van der Waals surface area contributed by atoms with Gasteiger partial charge in [-0.15, -0.1) is 0 Å². The second kappa shape index (κ2) is 5.44. The van der Waals surface area contributed by atoms with Crippen LogP contribution < -0.4 is 10.1 Å². The third-order valence-corrected chi connectivity index (χ3v) is 3.53. The summed E-state index contributed by atoms with van der Waals surface area (Å²) in [5.41, 5.74) is 2.80. The predicted molar refractivity (Wildman–Crippen MR) is 85.6 cm³/mol. The number of methoxy groups -OCH3 is 1. The molecule has 0 radical (unpaired) electrons. The highest BCUT2D eigenvalue weighted by molar-refractivity contribution is 6.06. The quantitative estimate of drug-likeness (QED) is 0.648. The van der Waals surface area contributed by atoms with Gasteiger partial charge in [0.05, 0.1) is 7.11 Å². The zero-order valence-corrected chi connectivity index (χ0v) is 12.3. The maximum absolute atomic E-state index is 12.3. The van der Waals surface area contributed by atoms with Crippen molar-refractivity contribution in [2.45, 2.75) is 6.92 Å². The summed E-state index contributed by atoms with van der Waals surface area (Å²) in [7, 11) is 1.61. The highest BCUT2D eigenvalue weighted by atomic mass is 16.5. The minimum absolute atomic E-state index is 0.174. The zero-order chi connectivity index (χ0) is 15.7. The fourth-order valence-electron chi connectivity index (χ4n) is 2.34. The molecule has 0 spiro atoms. The van der Waals surface area contributed by atoms with Crippen LogP contribution in [0.2, 0.25) is 0 Å². The molecule has 0 aliphatic carbocycles. The molecule has 3 N–H and O–H groups in total. The number of rotatable bonds is 3. The van der Waals surface area contributed by atoms with Gasteiger partial charge in [0.2, 0.25) is 0 Å². The molecule has 2 aromatic carbocycles. The van der Waals surface area contributed by atoms with Crippen LogP contribution in [0.25, 0.3) is 10.9 Å². The number of phenolic OH excluding ortho intramolecular Hbond substituents is 1. The summed E-state index contributed by atoms with van der Waals surface area (Å²) < 4.78 is 5.18. The highest BCUT2D eigenvalue weighted by Crippen LogP contribution is 2.23. The van der Waals surface area contributed by atoms with Crippen LogP contribution >= 0.6 is 0 Å². The van der Waals surface area contributed by atoms with Gasteiger partial charge < -0.3 is 20.1 Å². The average molecular weight is 296 g/mol. The summed E-state index contributed by atoms with van der Waals surface area (Å²) >= 11 is 0. The summed E-state index contributed by atoms with van der Waals surface area (Å²) in [6.07, 6.45) is 0. The Hall–Kier alpha value is -2.95. The molecule has 1 heterocycles. The first-order chi connectivity index (χ1) is 10.6. The second-order valence-electron chi connectivity index (χ2n) is 5.09. The van der Waals surface area contributed by atoms with Crippen molar-refractivity contribution in [3.63, 3.8) is 0 Å². The van der Waals surface area contributed by atoms with Crippen molar-refractivity contribution in [3.05, 3.63) is 53.7 Å². The Labute approximate surface area is 127 Å². The van der Waals surface area contributed by atoms with Crippen LogP contribution in [-0.4, -0.2) is 23.1 Å². The van der Waals surface area contributed by atoms with Crippen LogP contribution in [0.3, 0.4) is 0 Å². The number of aromatic amines is 1. The van der Waals surface area contributed by atoms with E-state index < -0.39 is 0 Å². The van der Waals surface area contributed by atoms with E-state index in [0.29, 0.717) is 11.4 Å². The second-order valence-corrected chi connectivity index (χ2v) is 5.09. The van der Waals surface area contributed by atoms with Crippen molar-refractivity contribution >= 4 is 22.5 Å². The van der Waals surface area contributed by atoms with Crippen molar-refractivity contribution in [1.29, 1.82) is 0 Å². The Morgan fingerprint density at radius 2 is 2.00 bits per heavy atom. The van der Waals surface area contributed by atoms with E-state index in [-0.39, 0.29) is 11.7 Å². The molecular weight excluding hydrogens is 280 g/mol. The van der Waals surface area contributed by atoms with E-state index in [0.717, 1.165) is 22.2 Å². The van der Waals surface area contributed by atoms with E-state index in [1.807, 2.05) is 25.1 Å². The molecule has 0 unspecified atom stereocenters. The minimum atomic E-state index is -0.232. The lowest BCUT2D eigenvalue weighted by Crippen LogP contribution is -2.12. The molecule has 5 nitrogen and oxygen atoms in total. The number of H-pyrrole nitrogens is 1. The van der Waals surface area contributed by atoms with Gasteiger partial charge in [-0.3, -0.25) is 4.79 Å². The number of hydrogen-bond acceptors (Lipinski definition) is 3. The number of aromatic hydroxyl groups is 1. The Balaban J connectivity index is 1.88. The molecule has 112 valence electrons. The van der Waals surface area contributed by atoms with Crippen LogP contribution in [0.4, 0.5) is 5.69 Å². The van der Waals surface area contributed by atoms with Gasteiger partial charge >= 0.3 is 0 Å². The fourth-order valence-corrected chi connectivity index (χ4v) is 2.34. The van der Waals surface area contributed by atoms with Crippen LogP contribution in [0.5, 0.6) is 11.5 Å². The Morgan fingerprint density at radius 3 is 2.73 bits per heavy atom. The van der Waals surface area contributed by atoms with Crippen molar-refractivity contribution in [1.82, 2.24) is 4.98 Å². The third-order valence-electron chi connectivity index (χ3n) is 3.53. The molecule has 0 aliphatic heterocycles. The standard InChI is InChI=1S/C17H16N2O3/c1-10-7-12(20)3-5-14(10)19-17(21)16-9-11-8-13(22-2)4-6-15(11)18-16/h3-9,18,20H,1-2H3,(H,19,21). The van der Waals surface area contributed by atoms with Crippen molar-refractivity contribution in [2.75, 3.05) is 12.4 Å². The number of benzene rings is 2. The van der Waals surface area contributed by atoms with Gasteiger partial charge in [-0.05, 0) is 55.0 Å². The first-order valence-corrected chi connectivity index (χ1v) is 6.84. The molecule has 3 rings (SSSR count). The zero-order valence-electron chi connectivity index (χ0n) is 12.3. The molecule has 0 bridgehead atoms. The van der Waals surface area contributed by atoms with Crippen molar-refractivity contribution in [3.8, 4) is 11.5 Å². The Bertz CT molecular complexity index is 852. The maximum Gasteiger partial charge on any atom is 0.272 e. The molecule has 0 atom stereocenters. The first-order valence-electron chi connectivity index (χ1n) is 6.84. The van der Waals surface area contributed by atoms with Gasteiger partial charge in [-0.1, -0.05) is 0 Å². The number of amides is 1. The summed E-state index contributed by atoms with van der Waals surface area (Å²) in [4.78, 5) is 15.4. The van der Waals surface area contributed by atoms with Gasteiger partial charge in [0.1, 0.15) is 17.2 Å². The number of fused-ring (bicyclic) bond motifs is 1. The molecule has 0 fully saturated rings. The normalized spacial score (nSPS) is 10.6. The summed E-state index contributed by atoms with van der Waals surface area (Å²) in [6, 6.07) is 12.2. The lowest BCUT2D eigenvalue weighted by atomic mass is 10.2. The molecule has 0 aliphatic rings. The lowest BCUT2D eigenvalue weighted by molar-refractivity contribution is 0.102. The summed E-state index contributed by atoms with van der Waals surface area (Å²) in [5.74, 6) is 0.685. The number of anilines is 1. The van der Waals surface area contributed by atoms with Gasteiger partial charge in [0, 0.05) is 16.6 Å². The van der Waals surface area contributed by atoms with Gasteiger partial charge in [-0.25, -0.2) is 0 Å². The maximum atomic E-state index is 12.3. The van der Waals surface area contributed by atoms with Gasteiger partial charge in [-0.2, -0.15) is 0 Å². The molecular formula is C17H16N2O3. The SMILES string of the molecule is COc1ccc2[nH]c(C(=O)Nc3ccc(O)cc3C)cc2c1. The van der Waals surface area contributed by atoms with Crippen molar-refractivity contribution in [2.24, 2.45) is 0 Å². The number of ether oxygens (including phenoxy) is 1. The van der Waals surface area contributed by atoms with E-state index in [2.05, 4.69) is 10.3 Å². The van der Waals surface area contributed by atoms with Crippen LogP contribution in [0.1, 0.15) is 16.1 Å². The molecule has 0 saturated carbocycles. The summed E-state index contributed by atoms with van der Waals surface area (Å²) in [5, 5.41) is 13.1. The predicted octanol–water partition coefficient (Wildman–Crippen LogP) is 3.44. The van der Waals surface area contributed by atoms with E-state index in [1.54, 1.807) is 31.4 Å². The molecule has 3 aromatic rings. The largest absolute Gasteiger partial charge is 0.508 e. The molecule has 1 amide bonds. The van der Waals surface area contributed by atoms with Crippen LogP contribution in [-0.2, 0) is 0 Å². The fraction of sp³-hybridized carbons (Fsp3) is 0.118. The van der Waals surface area contributed by atoms with E-state index in [1.165, 1.54) is 0 Å². The molecule has 22 heavy (non-hydrogen) atoms. The summed E-state index contributed by atoms with van der Waals surface area (Å²) in [6.45, 7) is 1.82. The van der Waals surface area contributed by atoms with Gasteiger partial charge in [0.15, 0.2) is 0 Å². The van der Waals surface area contributed by atoms with Crippen molar-refractivity contribution < 1.29 is 14.6 Å². The lowest BCUT2D eigenvalue weighted by Gasteiger charge is -2.07. The molecule has 0 saturated heterocycles. The average Bonchev–Trinajstić information content (AvgIpc) is 2.93. The Morgan fingerprint density at radius 1 is 1.18 bits per heavy atom. The number of phenols is 1. The van der Waals surface area contributed by atoms with Crippen LogP contribution in [0.15, 0.2) is 42.5 Å². The van der Waals surface area contributed by atoms with E-state index >= 15 is 0 Å². The van der Waals surface area contributed by atoms with Crippen LogP contribution in [0, 0.1) is 6.92 Å². The van der Waals surface area contributed by atoms with E-state index in [9.17, 15) is 9.90 Å². The Kier molecular flexibility index (Phi) is 3.47. The monoisotopic (exact) mass is 296 g/mol. The number of hydrogen-bond donors (Lipinski definition) is 3. The third kappa shape index (κ3) is 2.61. The molecule has 5 heteroatoms. The topological polar surface area (TPSA) is 74.4 Å². The number of aromatic nitrogens is 1. The number of nitrogens with one attached hydrogen (secondary N) is 2. The highest BCUT2D eigenvalue weighted by Gasteiger charge is 2.11. The smallest absolute Gasteiger partial charge is 0.272 e. The van der Waals surface area contributed by atoms with E-state index in [4.69, 9.17) is 4.74 Å². The number of carbonyl (C=O) groups is 1.